The van der Waals surface area contributed by atoms with Crippen LogP contribution in [0.3, 0.4) is 0 Å². The smallest absolute Gasteiger partial charge is 0.408 e. The van der Waals surface area contributed by atoms with E-state index in [1.807, 2.05) is 5.38 Å². The highest BCUT2D eigenvalue weighted by atomic mass is 32.2. The van der Waals surface area contributed by atoms with Gasteiger partial charge in [-0.3, -0.25) is 0 Å². The minimum absolute atomic E-state index is 0.338. The van der Waals surface area contributed by atoms with E-state index in [4.69, 9.17) is 9.84 Å². The van der Waals surface area contributed by atoms with Gasteiger partial charge in [0.15, 0.2) is 0 Å². The fraction of sp³-hybridized carbons (Fsp3) is 0.615. The summed E-state index contributed by atoms with van der Waals surface area (Å²) < 4.78 is 5.06. The highest BCUT2D eigenvalue weighted by Crippen LogP contribution is 2.16. The molecule has 0 aliphatic carbocycles. The Hall–Kier alpha value is -1.28. The van der Waals surface area contributed by atoms with E-state index in [-0.39, 0.29) is 0 Å². The van der Waals surface area contributed by atoms with E-state index >= 15 is 0 Å². The molecule has 118 valence electrons. The van der Waals surface area contributed by atoms with Crippen LogP contribution in [0.5, 0.6) is 0 Å². The fourth-order valence-corrected chi connectivity index (χ4v) is 3.11. The molecule has 0 aliphatic rings. The summed E-state index contributed by atoms with van der Waals surface area (Å²) in [5, 5.41) is 14.4. The van der Waals surface area contributed by atoms with Crippen molar-refractivity contribution in [1.82, 2.24) is 10.3 Å². The van der Waals surface area contributed by atoms with E-state index in [1.54, 1.807) is 50.1 Å². The number of nitrogens with one attached hydrogen (secondary N) is 1. The Morgan fingerprint density at radius 3 is 2.76 bits per heavy atom. The molecule has 6 nitrogen and oxygen atoms in total. The third-order valence-electron chi connectivity index (χ3n) is 2.25. The molecule has 0 saturated carbocycles. The van der Waals surface area contributed by atoms with Crippen LogP contribution in [0.2, 0.25) is 0 Å². The number of thiazole rings is 1. The van der Waals surface area contributed by atoms with Gasteiger partial charge in [-0.2, -0.15) is 11.8 Å². The number of carbonyl (C=O) groups is 2. The van der Waals surface area contributed by atoms with Crippen molar-refractivity contribution in [3.63, 3.8) is 0 Å². The predicted molar refractivity (Wildman–Crippen MR) is 83.7 cm³/mol. The normalized spacial score (nSPS) is 12.7. The molecule has 1 aromatic heterocycles. The summed E-state index contributed by atoms with van der Waals surface area (Å²) in [4.78, 5) is 26.9. The Labute approximate surface area is 132 Å². The standard InChI is InChI=1S/C13H20N2O4S2/c1-13(2,3)19-12(18)15-9(11(16)17)4-6-20-8-10-14-5-7-21-10/h5,7,9H,4,6,8H2,1-3H3,(H,15,18)(H,16,17). The van der Waals surface area contributed by atoms with Crippen LogP contribution in [0.25, 0.3) is 0 Å². The van der Waals surface area contributed by atoms with Crippen molar-refractivity contribution in [3.05, 3.63) is 16.6 Å². The highest BCUT2D eigenvalue weighted by Gasteiger charge is 2.23. The van der Waals surface area contributed by atoms with E-state index < -0.39 is 23.7 Å². The maximum Gasteiger partial charge on any atom is 0.408 e. The molecular weight excluding hydrogens is 312 g/mol. The first-order valence-electron chi connectivity index (χ1n) is 6.46. The Bertz CT molecular complexity index is 457. The minimum Gasteiger partial charge on any atom is -0.480 e. The Morgan fingerprint density at radius 2 is 2.24 bits per heavy atom. The van der Waals surface area contributed by atoms with Crippen LogP contribution in [-0.4, -0.2) is 39.5 Å². The Balaban J connectivity index is 2.32. The number of aromatic nitrogens is 1. The summed E-state index contributed by atoms with van der Waals surface area (Å²) in [6, 6.07) is -0.941. The SMILES string of the molecule is CC(C)(C)OC(=O)NC(CCSCc1nccs1)C(=O)O. The van der Waals surface area contributed by atoms with Crippen LogP contribution in [-0.2, 0) is 15.3 Å². The lowest BCUT2D eigenvalue weighted by atomic mass is 10.2. The van der Waals surface area contributed by atoms with Gasteiger partial charge in [-0.1, -0.05) is 0 Å². The molecule has 1 unspecified atom stereocenters. The van der Waals surface area contributed by atoms with Gasteiger partial charge in [0, 0.05) is 17.3 Å². The molecule has 21 heavy (non-hydrogen) atoms. The van der Waals surface area contributed by atoms with E-state index in [2.05, 4.69) is 10.3 Å². The molecular formula is C13H20N2O4S2. The van der Waals surface area contributed by atoms with Crippen LogP contribution >= 0.6 is 23.1 Å². The first-order valence-corrected chi connectivity index (χ1v) is 8.50. The lowest BCUT2D eigenvalue weighted by molar-refractivity contribution is -0.139. The highest BCUT2D eigenvalue weighted by molar-refractivity contribution is 7.98. The summed E-state index contributed by atoms with van der Waals surface area (Å²) in [5.74, 6) is 0.304. The zero-order chi connectivity index (χ0) is 15.9. The molecule has 1 heterocycles. The first kappa shape index (κ1) is 17.8. The number of amides is 1. The molecule has 0 aliphatic heterocycles. The van der Waals surface area contributed by atoms with E-state index in [0.717, 1.165) is 10.8 Å². The van der Waals surface area contributed by atoms with Crippen LogP contribution in [0.15, 0.2) is 11.6 Å². The summed E-state index contributed by atoms with van der Waals surface area (Å²) in [6.07, 6.45) is 1.37. The zero-order valence-electron chi connectivity index (χ0n) is 12.3. The number of aliphatic carboxylic acids is 1. The number of carboxylic acids is 1. The van der Waals surface area contributed by atoms with Crippen molar-refractivity contribution >= 4 is 35.2 Å². The molecule has 0 spiro atoms. The molecule has 0 fully saturated rings. The van der Waals surface area contributed by atoms with Gasteiger partial charge in [-0.05, 0) is 32.9 Å². The molecule has 1 atom stereocenters. The maximum absolute atomic E-state index is 11.6. The third-order valence-corrected chi connectivity index (χ3v) is 4.21. The minimum atomic E-state index is -1.06. The number of nitrogens with zero attached hydrogens (tertiary/aromatic N) is 1. The summed E-state index contributed by atoms with van der Waals surface area (Å²) in [7, 11) is 0. The van der Waals surface area contributed by atoms with Crippen molar-refractivity contribution in [3.8, 4) is 0 Å². The van der Waals surface area contributed by atoms with Crippen molar-refractivity contribution in [2.24, 2.45) is 0 Å². The van der Waals surface area contributed by atoms with Crippen LogP contribution in [0.4, 0.5) is 4.79 Å². The molecule has 0 aromatic carbocycles. The summed E-state index contributed by atoms with van der Waals surface area (Å²) >= 11 is 3.16. The topological polar surface area (TPSA) is 88.5 Å². The zero-order valence-corrected chi connectivity index (χ0v) is 13.9. The summed E-state index contributed by atoms with van der Waals surface area (Å²) in [5.41, 5.74) is -0.646. The van der Waals surface area contributed by atoms with Crippen molar-refractivity contribution in [2.45, 2.75) is 44.6 Å². The average molecular weight is 332 g/mol. The largest absolute Gasteiger partial charge is 0.480 e. The molecule has 1 amide bonds. The van der Waals surface area contributed by atoms with Gasteiger partial charge >= 0.3 is 12.1 Å². The Kier molecular flexibility index (Phi) is 6.97. The molecule has 0 saturated heterocycles. The second-order valence-electron chi connectivity index (χ2n) is 5.30. The first-order chi connectivity index (χ1) is 9.78. The van der Waals surface area contributed by atoms with Gasteiger partial charge < -0.3 is 15.2 Å². The monoisotopic (exact) mass is 332 g/mol. The van der Waals surface area contributed by atoms with Crippen molar-refractivity contribution in [2.75, 3.05) is 5.75 Å². The average Bonchev–Trinajstić information content (AvgIpc) is 2.83. The second-order valence-corrected chi connectivity index (χ2v) is 7.39. The molecule has 8 heteroatoms. The molecule has 1 rings (SSSR count). The number of carboxylic acid groups (broad SMARTS) is 1. The quantitative estimate of drug-likeness (QED) is 0.746. The number of thioether (sulfide) groups is 1. The van der Waals surface area contributed by atoms with Crippen molar-refractivity contribution < 1.29 is 19.4 Å². The van der Waals surface area contributed by atoms with E-state index in [9.17, 15) is 9.59 Å². The van der Waals surface area contributed by atoms with Gasteiger partial charge in [0.1, 0.15) is 16.7 Å². The van der Waals surface area contributed by atoms with Crippen LogP contribution in [0, 0.1) is 0 Å². The lowest BCUT2D eigenvalue weighted by Gasteiger charge is -2.21. The third kappa shape index (κ3) is 7.91. The summed E-state index contributed by atoms with van der Waals surface area (Å²) in [6.45, 7) is 5.19. The van der Waals surface area contributed by atoms with Gasteiger partial charge in [-0.15, -0.1) is 11.3 Å². The number of carbonyl (C=O) groups excluding carboxylic acids is 1. The van der Waals surface area contributed by atoms with Gasteiger partial charge in [-0.25, -0.2) is 14.6 Å². The Morgan fingerprint density at radius 1 is 1.52 bits per heavy atom. The predicted octanol–water partition coefficient (Wildman–Crippen LogP) is 2.74. The number of alkyl carbamates (subject to hydrolysis) is 1. The van der Waals surface area contributed by atoms with Gasteiger partial charge in [0.05, 0.1) is 0 Å². The van der Waals surface area contributed by atoms with Gasteiger partial charge in [0.2, 0.25) is 0 Å². The van der Waals surface area contributed by atoms with E-state index in [1.165, 1.54) is 0 Å². The molecule has 0 radical (unpaired) electrons. The number of ether oxygens (including phenoxy) is 1. The number of hydrogen-bond acceptors (Lipinski definition) is 6. The van der Waals surface area contributed by atoms with E-state index in [0.29, 0.717) is 12.2 Å². The lowest BCUT2D eigenvalue weighted by Crippen LogP contribution is -2.43. The van der Waals surface area contributed by atoms with Gasteiger partial charge in [0.25, 0.3) is 0 Å². The van der Waals surface area contributed by atoms with Crippen LogP contribution < -0.4 is 5.32 Å². The second kappa shape index (κ2) is 8.23. The number of hydrogen-bond donors (Lipinski definition) is 2. The van der Waals surface area contributed by atoms with Crippen molar-refractivity contribution in [1.29, 1.82) is 0 Å². The maximum atomic E-state index is 11.6. The van der Waals surface area contributed by atoms with Crippen LogP contribution in [0.1, 0.15) is 32.2 Å². The molecule has 0 bridgehead atoms. The number of rotatable bonds is 7. The molecule has 2 N–H and O–H groups in total. The fourth-order valence-electron chi connectivity index (χ4n) is 1.39. The molecule has 1 aromatic rings.